The molecule has 0 atom stereocenters. The molecule has 0 aliphatic carbocycles. The van der Waals surface area contributed by atoms with E-state index in [4.69, 9.17) is 20.4 Å². The number of benzene rings is 1. The molecule has 10 heteroatoms. The molecule has 1 aromatic rings. The van der Waals surface area contributed by atoms with Gasteiger partial charge in [0.05, 0.1) is 19.6 Å². The van der Waals surface area contributed by atoms with Gasteiger partial charge in [-0.1, -0.05) is 12.1 Å². The summed E-state index contributed by atoms with van der Waals surface area (Å²) in [5, 5.41) is 38.6. The molecule has 0 saturated carbocycles. The highest BCUT2D eigenvalue weighted by Gasteiger charge is 2.18. The Morgan fingerprint density at radius 1 is 1.00 bits per heavy atom. The quantitative estimate of drug-likeness (QED) is 0.287. The topological polar surface area (TPSA) is 151 Å². The monoisotopic (exact) mass is 383 g/mol. The molecule has 1 rings (SSSR count). The molecule has 0 aliphatic rings. The van der Waals surface area contributed by atoms with Crippen LogP contribution >= 0.6 is 0 Å². The number of aryl methyl sites for hydroxylation is 1. The highest BCUT2D eigenvalue weighted by atomic mass is 16.5. The number of carbonyl (C=O) groups is 3. The minimum atomic E-state index is -1.72. The molecule has 0 heterocycles. The first-order valence-electron chi connectivity index (χ1n) is 8.26. The van der Waals surface area contributed by atoms with Gasteiger partial charge >= 0.3 is 11.9 Å². The number of aliphatic hydroxyl groups excluding tert-OH is 1. The van der Waals surface area contributed by atoms with Crippen LogP contribution in [0, 0.1) is 6.92 Å². The van der Waals surface area contributed by atoms with Crippen LogP contribution < -0.4 is 5.32 Å². The van der Waals surface area contributed by atoms with Gasteiger partial charge in [0, 0.05) is 25.3 Å². The number of anilines is 1. The van der Waals surface area contributed by atoms with Crippen LogP contribution in [0.2, 0.25) is 0 Å². The number of nitrogens with zero attached hydrogens (tertiary/aromatic N) is 2. The first-order chi connectivity index (χ1) is 12.7. The zero-order chi connectivity index (χ0) is 20.4. The first kappa shape index (κ1) is 22.5. The van der Waals surface area contributed by atoms with E-state index in [-0.39, 0.29) is 26.2 Å². The lowest BCUT2D eigenvalue weighted by atomic mass is 10.2. The van der Waals surface area contributed by atoms with E-state index in [0.717, 1.165) is 5.56 Å². The van der Waals surface area contributed by atoms with E-state index >= 15 is 0 Å². The molecule has 27 heavy (non-hydrogen) atoms. The number of rotatable bonds is 12. The fraction of sp³-hybridized carbons (Fsp3) is 0.471. The summed E-state index contributed by atoms with van der Waals surface area (Å²) in [7, 11) is 0. The lowest BCUT2D eigenvalue weighted by molar-refractivity contribution is -0.141. The molecule has 0 aliphatic heterocycles. The second kappa shape index (κ2) is 11.2. The molecule has 10 nitrogen and oxygen atoms in total. The lowest BCUT2D eigenvalue weighted by Gasteiger charge is -2.25. The van der Waals surface area contributed by atoms with Crippen LogP contribution in [-0.2, 0) is 14.4 Å². The molecule has 0 saturated heterocycles. The van der Waals surface area contributed by atoms with E-state index in [1.165, 1.54) is 9.80 Å². The van der Waals surface area contributed by atoms with Gasteiger partial charge in [-0.2, -0.15) is 0 Å². The molecule has 0 radical (unpaired) electrons. The third kappa shape index (κ3) is 10.3. The van der Waals surface area contributed by atoms with Gasteiger partial charge in [-0.25, -0.2) is 0 Å². The molecule has 1 amide bonds. The zero-order valence-corrected chi connectivity index (χ0v) is 15.0. The van der Waals surface area contributed by atoms with Crippen molar-refractivity contribution in [2.24, 2.45) is 0 Å². The largest absolute Gasteiger partial charge is 0.480 e. The van der Waals surface area contributed by atoms with Gasteiger partial charge < -0.3 is 25.7 Å². The normalized spacial score (nSPS) is 11.2. The Morgan fingerprint density at radius 2 is 1.59 bits per heavy atom. The highest BCUT2D eigenvalue weighted by molar-refractivity contribution is 5.92. The summed E-state index contributed by atoms with van der Waals surface area (Å²) in [6, 6.07) is 7.14. The summed E-state index contributed by atoms with van der Waals surface area (Å²) < 4.78 is 0. The van der Waals surface area contributed by atoms with Crippen molar-refractivity contribution in [1.29, 1.82) is 0 Å². The van der Waals surface area contributed by atoms with Gasteiger partial charge in [0.2, 0.25) is 5.91 Å². The minimum Gasteiger partial charge on any atom is -0.480 e. The predicted molar refractivity (Wildman–Crippen MR) is 96.2 cm³/mol. The van der Waals surface area contributed by atoms with Gasteiger partial charge in [0.15, 0.2) is 6.29 Å². The van der Waals surface area contributed by atoms with Crippen LogP contribution in [0.15, 0.2) is 24.3 Å². The molecule has 150 valence electrons. The summed E-state index contributed by atoms with van der Waals surface area (Å²) in [6.07, 6.45) is -1.72. The maximum absolute atomic E-state index is 12.2. The summed E-state index contributed by atoms with van der Waals surface area (Å²) >= 11 is 0. The first-order valence-corrected chi connectivity index (χ1v) is 8.26. The van der Waals surface area contributed by atoms with Gasteiger partial charge in [-0.15, -0.1) is 0 Å². The van der Waals surface area contributed by atoms with Crippen molar-refractivity contribution in [3.8, 4) is 0 Å². The maximum atomic E-state index is 12.2. The molecule has 5 N–H and O–H groups in total. The molecular formula is C17H25N3O7. The van der Waals surface area contributed by atoms with Gasteiger partial charge in [0.25, 0.3) is 0 Å². The zero-order valence-electron chi connectivity index (χ0n) is 15.0. The van der Waals surface area contributed by atoms with E-state index < -0.39 is 37.2 Å². The van der Waals surface area contributed by atoms with Crippen molar-refractivity contribution in [1.82, 2.24) is 9.80 Å². The molecule has 0 fully saturated rings. The maximum Gasteiger partial charge on any atom is 0.317 e. The fourth-order valence-electron chi connectivity index (χ4n) is 2.47. The molecule has 0 bridgehead atoms. The van der Waals surface area contributed by atoms with E-state index in [1.54, 1.807) is 18.2 Å². The number of carboxylic acids is 2. The lowest BCUT2D eigenvalue weighted by Crippen LogP contribution is -2.44. The fourth-order valence-corrected chi connectivity index (χ4v) is 2.47. The Hall–Kier alpha value is -2.53. The SMILES string of the molecule is Cc1cccc(NC(=O)CN(CCN(CC(=O)O)CC(O)O)CC(=O)O)c1. The summed E-state index contributed by atoms with van der Waals surface area (Å²) in [6.45, 7) is 0.630. The Bertz CT molecular complexity index is 651. The summed E-state index contributed by atoms with van der Waals surface area (Å²) in [4.78, 5) is 36.7. The Morgan fingerprint density at radius 3 is 2.15 bits per heavy atom. The van der Waals surface area contributed by atoms with E-state index in [0.29, 0.717) is 5.69 Å². The minimum absolute atomic E-state index is 0.0505. The van der Waals surface area contributed by atoms with Crippen molar-refractivity contribution >= 4 is 23.5 Å². The second-order valence-corrected chi connectivity index (χ2v) is 6.13. The number of hydrogen-bond donors (Lipinski definition) is 5. The molecule has 0 unspecified atom stereocenters. The van der Waals surface area contributed by atoms with Gasteiger partial charge in [-0.05, 0) is 24.6 Å². The Labute approximate surface area is 156 Å². The molecule has 1 aromatic carbocycles. The van der Waals surface area contributed by atoms with Gasteiger partial charge in [-0.3, -0.25) is 24.2 Å². The number of carboxylic acid groups (broad SMARTS) is 2. The van der Waals surface area contributed by atoms with E-state index in [9.17, 15) is 14.4 Å². The van der Waals surface area contributed by atoms with Crippen LogP contribution in [0.3, 0.4) is 0 Å². The molecule has 0 aromatic heterocycles. The van der Waals surface area contributed by atoms with Crippen LogP contribution in [0.4, 0.5) is 5.69 Å². The van der Waals surface area contributed by atoms with Crippen molar-refractivity contribution in [2.45, 2.75) is 13.2 Å². The van der Waals surface area contributed by atoms with Crippen molar-refractivity contribution in [2.75, 3.05) is 44.6 Å². The predicted octanol–water partition coefficient (Wildman–Crippen LogP) is -0.983. The van der Waals surface area contributed by atoms with Crippen LogP contribution in [-0.4, -0.2) is 93.6 Å². The molecule has 0 spiro atoms. The van der Waals surface area contributed by atoms with E-state index in [2.05, 4.69) is 5.32 Å². The summed E-state index contributed by atoms with van der Waals surface area (Å²) in [5.74, 6) is -2.70. The number of nitrogens with one attached hydrogen (secondary N) is 1. The highest BCUT2D eigenvalue weighted by Crippen LogP contribution is 2.09. The third-order valence-corrected chi connectivity index (χ3v) is 3.54. The standard InChI is InChI=1S/C17H25N3O7/c1-12-3-2-4-13(7-12)18-14(21)8-19(9-15(22)23)5-6-20(10-16(24)25)11-17(26)27/h2-4,7,16,24-25H,5-6,8-11H2,1H3,(H,18,21)(H,22,23)(H,26,27). The van der Waals surface area contributed by atoms with Crippen LogP contribution in [0.1, 0.15) is 5.56 Å². The average molecular weight is 383 g/mol. The molecular weight excluding hydrogens is 358 g/mol. The number of amides is 1. The van der Waals surface area contributed by atoms with Crippen molar-refractivity contribution < 1.29 is 34.8 Å². The average Bonchev–Trinajstić information content (AvgIpc) is 2.50. The third-order valence-electron chi connectivity index (χ3n) is 3.54. The Kier molecular flexibility index (Phi) is 9.37. The number of carbonyl (C=O) groups excluding carboxylic acids is 1. The number of aliphatic hydroxyl groups is 2. The van der Waals surface area contributed by atoms with Crippen LogP contribution in [0.5, 0.6) is 0 Å². The van der Waals surface area contributed by atoms with Crippen molar-refractivity contribution in [3.63, 3.8) is 0 Å². The van der Waals surface area contributed by atoms with Gasteiger partial charge in [0.1, 0.15) is 0 Å². The van der Waals surface area contributed by atoms with Crippen molar-refractivity contribution in [3.05, 3.63) is 29.8 Å². The van der Waals surface area contributed by atoms with Crippen LogP contribution in [0.25, 0.3) is 0 Å². The second-order valence-electron chi connectivity index (χ2n) is 6.13. The number of aliphatic carboxylic acids is 2. The van der Waals surface area contributed by atoms with E-state index in [1.807, 2.05) is 13.0 Å². The number of hydrogen-bond acceptors (Lipinski definition) is 7. The Balaban J connectivity index is 2.66. The smallest absolute Gasteiger partial charge is 0.317 e. The summed E-state index contributed by atoms with van der Waals surface area (Å²) in [5.41, 5.74) is 1.55.